The monoisotopic (exact) mass is 378 g/mol. The molecule has 0 bridgehead atoms. The number of likely N-dealkylation sites (N-methyl/N-ethyl adjacent to an activating group) is 1. The standard InChI is InChI=1S/C21H22N4O3/c1-24(13-19(26)25-9-3-5-16(25)12-22)21(27)15-10-14-4-2-8-23-20(14)18(11-15)28-17-6-7-17/h2,4,8,10-11,16-17H,3,5-7,9,13H2,1H3. The summed E-state index contributed by atoms with van der Waals surface area (Å²) < 4.78 is 5.96. The van der Waals surface area contributed by atoms with Gasteiger partial charge in [-0.2, -0.15) is 5.26 Å². The van der Waals surface area contributed by atoms with Crippen molar-refractivity contribution in [2.45, 2.75) is 37.8 Å². The molecule has 1 unspecified atom stereocenters. The SMILES string of the molecule is CN(CC(=O)N1CCCC1C#N)C(=O)c1cc(OC2CC2)c2ncccc2c1. The minimum Gasteiger partial charge on any atom is -0.488 e. The summed E-state index contributed by atoms with van der Waals surface area (Å²) in [6, 6.07) is 8.98. The molecule has 28 heavy (non-hydrogen) atoms. The molecule has 7 heteroatoms. The first-order valence-electron chi connectivity index (χ1n) is 9.57. The number of rotatable bonds is 5. The van der Waals surface area contributed by atoms with E-state index in [0.717, 1.165) is 30.2 Å². The minimum atomic E-state index is -0.388. The van der Waals surface area contributed by atoms with E-state index in [1.165, 1.54) is 4.90 Å². The number of nitriles is 1. The third kappa shape index (κ3) is 3.63. The highest BCUT2D eigenvalue weighted by molar-refractivity contribution is 6.01. The van der Waals surface area contributed by atoms with Gasteiger partial charge in [0.2, 0.25) is 5.91 Å². The maximum atomic E-state index is 13.0. The average Bonchev–Trinajstić information content (AvgIpc) is 3.39. The number of benzene rings is 1. The molecule has 2 aromatic rings. The topological polar surface area (TPSA) is 86.5 Å². The third-order valence-corrected chi connectivity index (χ3v) is 5.18. The van der Waals surface area contributed by atoms with Gasteiger partial charge in [0.05, 0.1) is 18.7 Å². The van der Waals surface area contributed by atoms with Crippen LogP contribution in [0, 0.1) is 11.3 Å². The number of hydrogen-bond donors (Lipinski definition) is 0. The maximum absolute atomic E-state index is 13.0. The molecule has 1 saturated carbocycles. The summed E-state index contributed by atoms with van der Waals surface area (Å²) in [5, 5.41) is 10.00. The zero-order chi connectivity index (χ0) is 19.7. The Labute approximate surface area is 163 Å². The van der Waals surface area contributed by atoms with Gasteiger partial charge in [-0.05, 0) is 43.9 Å². The van der Waals surface area contributed by atoms with Gasteiger partial charge in [-0.3, -0.25) is 14.6 Å². The van der Waals surface area contributed by atoms with Crippen LogP contribution in [0.15, 0.2) is 30.5 Å². The van der Waals surface area contributed by atoms with E-state index in [1.807, 2.05) is 12.1 Å². The predicted octanol–water partition coefficient (Wildman–Crippen LogP) is 2.36. The van der Waals surface area contributed by atoms with Gasteiger partial charge in [-0.15, -0.1) is 0 Å². The van der Waals surface area contributed by atoms with Crippen molar-refractivity contribution in [1.29, 1.82) is 5.26 Å². The predicted molar refractivity (Wildman–Crippen MR) is 103 cm³/mol. The summed E-state index contributed by atoms with van der Waals surface area (Å²) in [5.74, 6) is 0.150. The van der Waals surface area contributed by atoms with Gasteiger partial charge in [0, 0.05) is 30.7 Å². The number of amides is 2. The summed E-state index contributed by atoms with van der Waals surface area (Å²) >= 11 is 0. The molecule has 1 aliphatic carbocycles. The Balaban J connectivity index is 1.54. The minimum absolute atomic E-state index is 0.0547. The lowest BCUT2D eigenvalue weighted by Crippen LogP contribution is -2.42. The summed E-state index contributed by atoms with van der Waals surface area (Å²) in [4.78, 5) is 32.8. The van der Waals surface area contributed by atoms with Crippen molar-refractivity contribution in [3.63, 3.8) is 0 Å². The number of nitrogens with zero attached hydrogens (tertiary/aromatic N) is 4. The smallest absolute Gasteiger partial charge is 0.254 e. The largest absolute Gasteiger partial charge is 0.488 e. The lowest BCUT2D eigenvalue weighted by Gasteiger charge is -2.24. The van der Waals surface area contributed by atoms with Crippen molar-refractivity contribution in [3.8, 4) is 11.8 Å². The fraction of sp³-hybridized carbons (Fsp3) is 0.429. The molecule has 2 heterocycles. The van der Waals surface area contributed by atoms with Crippen LogP contribution >= 0.6 is 0 Å². The molecule has 0 spiro atoms. The second-order valence-corrected chi connectivity index (χ2v) is 7.40. The van der Waals surface area contributed by atoms with Crippen LogP contribution in [0.4, 0.5) is 0 Å². The van der Waals surface area contributed by atoms with Gasteiger partial charge in [0.25, 0.3) is 5.91 Å². The first kappa shape index (κ1) is 18.2. The molecule has 4 rings (SSSR count). The number of fused-ring (bicyclic) bond motifs is 1. The van der Waals surface area contributed by atoms with E-state index < -0.39 is 0 Å². The van der Waals surface area contributed by atoms with E-state index in [4.69, 9.17) is 4.74 Å². The van der Waals surface area contributed by atoms with Crippen LogP contribution in [0.3, 0.4) is 0 Å². The molecular formula is C21H22N4O3. The van der Waals surface area contributed by atoms with Crippen molar-refractivity contribution < 1.29 is 14.3 Å². The van der Waals surface area contributed by atoms with Gasteiger partial charge >= 0.3 is 0 Å². The summed E-state index contributed by atoms with van der Waals surface area (Å²) in [7, 11) is 1.60. The van der Waals surface area contributed by atoms with Crippen molar-refractivity contribution in [2.75, 3.05) is 20.1 Å². The first-order chi connectivity index (χ1) is 13.6. The van der Waals surface area contributed by atoms with Crippen LogP contribution in [-0.2, 0) is 4.79 Å². The molecule has 144 valence electrons. The Bertz CT molecular complexity index is 964. The van der Waals surface area contributed by atoms with Gasteiger partial charge in [0.1, 0.15) is 17.3 Å². The fourth-order valence-electron chi connectivity index (χ4n) is 3.52. The molecule has 7 nitrogen and oxygen atoms in total. The highest BCUT2D eigenvalue weighted by Crippen LogP contribution is 2.32. The number of hydrogen-bond acceptors (Lipinski definition) is 5. The van der Waals surface area contributed by atoms with Gasteiger partial charge in [-0.1, -0.05) is 6.07 Å². The summed E-state index contributed by atoms with van der Waals surface area (Å²) in [6.07, 6.45) is 5.43. The quantitative estimate of drug-likeness (QED) is 0.797. The van der Waals surface area contributed by atoms with Crippen molar-refractivity contribution in [1.82, 2.24) is 14.8 Å². The Hall–Kier alpha value is -3.14. The Kier molecular flexibility index (Phi) is 4.86. The number of pyridine rings is 1. The van der Waals surface area contributed by atoms with Crippen LogP contribution in [0.1, 0.15) is 36.0 Å². The fourth-order valence-corrected chi connectivity index (χ4v) is 3.52. The maximum Gasteiger partial charge on any atom is 0.254 e. The van der Waals surface area contributed by atoms with E-state index in [-0.39, 0.29) is 30.5 Å². The van der Waals surface area contributed by atoms with E-state index in [2.05, 4.69) is 11.1 Å². The lowest BCUT2D eigenvalue weighted by atomic mass is 10.1. The van der Waals surface area contributed by atoms with Crippen LogP contribution in [0.2, 0.25) is 0 Å². The van der Waals surface area contributed by atoms with Gasteiger partial charge in [-0.25, -0.2) is 0 Å². The molecule has 2 fully saturated rings. The molecule has 1 saturated heterocycles. The average molecular weight is 378 g/mol. The molecule has 1 aromatic heterocycles. The van der Waals surface area contributed by atoms with Gasteiger partial charge < -0.3 is 14.5 Å². The molecule has 1 atom stereocenters. The zero-order valence-electron chi connectivity index (χ0n) is 15.8. The van der Waals surface area contributed by atoms with Crippen LogP contribution in [-0.4, -0.2) is 58.9 Å². The van der Waals surface area contributed by atoms with Crippen LogP contribution in [0.5, 0.6) is 5.75 Å². The van der Waals surface area contributed by atoms with Crippen LogP contribution in [0.25, 0.3) is 10.9 Å². The molecular weight excluding hydrogens is 356 g/mol. The second-order valence-electron chi connectivity index (χ2n) is 7.40. The molecule has 2 amide bonds. The Morgan fingerprint density at radius 2 is 2.18 bits per heavy atom. The normalized spacial score (nSPS) is 18.7. The van der Waals surface area contributed by atoms with Crippen LogP contribution < -0.4 is 4.74 Å². The van der Waals surface area contributed by atoms with E-state index in [9.17, 15) is 14.9 Å². The van der Waals surface area contributed by atoms with Crippen molar-refractivity contribution >= 4 is 22.7 Å². The number of carbonyl (C=O) groups excluding carboxylic acids is 2. The van der Waals surface area contributed by atoms with E-state index in [1.54, 1.807) is 30.3 Å². The first-order valence-corrected chi connectivity index (χ1v) is 9.57. The molecule has 2 aliphatic rings. The van der Waals surface area contributed by atoms with Crippen molar-refractivity contribution in [2.24, 2.45) is 0 Å². The third-order valence-electron chi connectivity index (χ3n) is 5.18. The molecule has 0 radical (unpaired) electrons. The van der Waals surface area contributed by atoms with Crippen molar-refractivity contribution in [3.05, 3.63) is 36.0 Å². The highest BCUT2D eigenvalue weighted by atomic mass is 16.5. The number of likely N-dealkylation sites (tertiary alicyclic amines) is 1. The van der Waals surface area contributed by atoms with Gasteiger partial charge in [0.15, 0.2) is 0 Å². The van der Waals surface area contributed by atoms with E-state index >= 15 is 0 Å². The molecule has 1 aromatic carbocycles. The Morgan fingerprint density at radius 1 is 1.36 bits per heavy atom. The lowest BCUT2D eigenvalue weighted by molar-refractivity contribution is -0.131. The molecule has 1 aliphatic heterocycles. The Morgan fingerprint density at radius 3 is 2.93 bits per heavy atom. The molecule has 0 N–H and O–H groups in total. The summed E-state index contributed by atoms with van der Waals surface area (Å²) in [5.41, 5.74) is 1.20. The number of aromatic nitrogens is 1. The summed E-state index contributed by atoms with van der Waals surface area (Å²) in [6.45, 7) is 0.515. The number of ether oxygens (including phenoxy) is 1. The zero-order valence-corrected chi connectivity index (χ0v) is 15.8. The number of carbonyl (C=O) groups is 2. The second kappa shape index (κ2) is 7.47. The van der Waals surface area contributed by atoms with E-state index in [0.29, 0.717) is 24.3 Å². The highest BCUT2D eigenvalue weighted by Gasteiger charge is 2.30.